The Morgan fingerprint density at radius 1 is 1.09 bits per heavy atom. The van der Waals surface area contributed by atoms with Crippen molar-refractivity contribution >= 4 is 27.0 Å². The molecule has 3 nitrogen and oxygen atoms in total. The van der Waals surface area contributed by atoms with Gasteiger partial charge >= 0.3 is 6.18 Å². The molecular weight excluding hydrogens is 445 g/mol. The van der Waals surface area contributed by atoms with Gasteiger partial charge in [0.1, 0.15) is 0 Å². The van der Waals surface area contributed by atoms with E-state index in [4.69, 9.17) is 5.73 Å². The van der Waals surface area contributed by atoms with Crippen molar-refractivity contribution in [3.63, 3.8) is 0 Å². The van der Waals surface area contributed by atoms with Crippen LogP contribution in [-0.2, 0) is 5.60 Å². The highest BCUT2D eigenvalue weighted by Crippen LogP contribution is 2.42. The van der Waals surface area contributed by atoms with Crippen molar-refractivity contribution in [1.82, 2.24) is 4.98 Å². The molecule has 2 atom stereocenters. The predicted octanol–water partition coefficient (Wildman–Crippen LogP) is 6.81. The molecule has 2 heterocycles. The Bertz CT molecular complexity index is 1340. The van der Waals surface area contributed by atoms with Gasteiger partial charge in [-0.15, -0.1) is 11.3 Å². The molecule has 0 fully saturated rings. The van der Waals surface area contributed by atoms with Crippen molar-refractivity contribution in [2.45, 2.75) is 31.7 Å². The smallest absolute Gasteiger partial charge is 0.376 e. The number of aliphatic hydroxyl groups is 1. The van der Waals surface area contributed by atoms with Gasteiger partial charge in [0.2, 0.25) is 0 Å². The molecular formula is C26H23F3N2OS. The quantitative estimate of drug-likeness (QED) is 0.338. The van der Waals surface area contributed by atoms with E-state index in [0.29, 0.717) is 11.3 Å². The van der Waals surface area contributed by atoms with E-state index < -0.39 is 11.8 Å². The van der Waals surface area contributed by atoms with Crippen LogP contribution in [0, 0.1) is 0 Å². The minimum absolute atomic E-state index is 0.263. The zero-order chi connectivity index (χ0) is 24.0. The molecule has 33 heavy (non-hydrogen) atoms. The lowest BCUT2D eigenvalue weighted by Gasteiger charge is -2.26. The molecule has 2 aromatic heterocycles. The number of rotatable bonds is 5. The maximum absolute atomic E-state index is 13.4. The largest absolute Gasteiger partial charge is 0.421 e. The van der Waals surface area contributed by atoms with Crippen molar-refractivity contribution in [3.8, 4) is 11.3 Å². The SMILES string of the molecule is C=C(C)c1ccccc1[C@@H](N)c1cc2cccc(-c3cc([C@@](C)(O)C(F)(F)F)ccn3)c2s1. The van der Waals surface area contributed by atoms with Gasteiger partial charge in [0, 0.05) is 21.3 Å². The second-order valence-corrected chi connectivity index (χ2v) is 9.30. The number of halogens is 3. The molecule has 2 aromatic carbocycles. The number of pyridine rings is 1. The van der Waals surface area contributed by atoms with E-state index in [9.17, 15) is 18.3 Å². The van der Waals surface area contributed by atoms with Gasteiger partial charge in [-0.25, -0.2) is 0 Å². The van der Waals surface area contributed by atoms with Crippen molar-refractivity contribution in [2.24, 2.45) is 5.73 Å². The monoisotopic (exact) mass is 468 g/mol. The van der Waals surface area contributed by atoms with Gasteiger partial charge in [0.25, 0.3) is 0 Å². The molecule has 0 aliphatic heterocycles. The van der Waals surface area contributed by atoms with Gasteiger partial charge in [-0.2, -0.15) is 13.2 Å². The fourth-order valence-electron chi connectivity index (χ4n) is 3.79. The van der Waals surface area contributed by atoms with Crippen LogP contribution in [0.2, 0.25) is 0 Å². The molecule has 0 aliphatic carbocycles. The zero-order valence-corrected chi connectivity index (χ0v) is 19.0. The van der Waals surface area contributed by atoms with Crippen LogP contribution in [0.4, 0.5) is 13.2 Å². The van der Waals surface area contributed by atoms with Gasteiger partial charge in [0.15, 0.2) is 5.60 Å². The molecule has 0 amide bonds. The number of benzene rings is 2. The summed E-state index contributed by atoms with van der Waals surface area (Å²) in [6.45, 7) is 6.72. The van der Waals surface area contributed by atoms with Crippen LogP contribution in [0.5, 0.6) is 0 Å². The van der Waals surface area contributed by atoms with Crippen molar-refractivity contribution < 1.29 is 18.3 Å². The minimum atomic E-state index is -4.81. The number of fused-ring (bicyclic) bond motifs is 1. The van der Waals surface area contributed by atoms with Crippen LogP contribution in [0.3, 0.4) is 0 Å². The van der Waals surface area contributed by atoms with Crippen LogP contribution in [0.25, 0.3) is 26.9 Å². The Balaban J connectivity index is 1.81. The molecule has 7 heteroatoms. The van der Waals surface area contributed by atoms with Crippen LogP contribution in [0.15, 0.2) is 73.4 Å². The number of hydrogen-bond donors (Lipinski definition) is 2. The molecule has 3 N–H and O–H groups in total. The lowest BCUT2D eigenvalue weighted by atomic mass is 9.94. The third-order valence-corrected chi connectivity index (χ3v) is 7.04. The van der Waals surface area contributed by atoms with E-state index in [2.05, 4.69) is 11.6 Å². The van der Waals surface area contributed by atoms with Crippen molar-refractivity contribution in [1.29, 1.82) is 0 Å². The van der Waals surface area contributed by atoms with Gasteiger partial charge < -0.3 is 10.8 Å². The second-order valence-electron chi connectivity index (χ2n) is 8.22. The summed E-state index contributed by atoms with van der Waals surface area (Å²) in [6.07, 6.45) is -3.52. The van der Waals surface area contributed by atoms with Crippen LogP contribution >= 0.6 is 11.3 Å². The maximum Gasteiger partial charge on any atom is 0.421 e. The maximum atomic E-state index is 13.4. The van der Waals surface area contributed by atoms with Gasteiger partial charge in [0.05, 0.1) is 11.7 Å². The molecule has 0 saturated carbocycles. The zero-order valence-electron chi connectivity index (χ0n) is 18.1. The minimum Gasteiger partial charge on any atom is -0.376 e. The fraction of sp³-hybridized carbons (Fsp3) is 0.192. The standard InChI is InChI=1S/C26H23F3N2OS/c1-15(2)18-8-4-5-9-19(18)23(30)22-13-16-7-6-10-20(24(16)33-22)21-14-17(11-12-31-21)25(3,32)26(27,28)29/h4-14,23,32H,1,30H2,2-3H3/t23-,25-/m1/s1. The van der Waals surface area contributed by atoms with Crippen LogP contribution in [0.1, 0.15) is 41.5 Å². The molecule has 0 unspecified atom stereocenters. The predicted molar refractivity (Wildman–Crippen MR) is 128 cm³/mol. The van der Waals surface area contributed by atoms with E-state index >= 15 is 0 Å². The Morgan fingerprint density at radius 2 is 1.82 bits per heavy atom. The van der Waals surface area contributed by atoms with Crippen LogP contribution in [-0.4, -0.2) is 16.3 Å². The number of nitrogens with two attached hydrogens (primary N) is 1. The van der Waals surface area contributed by atoms with Crippen LogP contribution < -0.4 is 5.73 Å². The molecule has 0 spiro atoms. The topological polar surface area (TPSA) is 59.1 Å². The summed E-state index contributed by atoms with van der Waals surface area (Å²) >= 11 is 1.48. The number of allylic oxidation sites excluding steroid dienone is 1. The third-order valence-electron chi connectivity index (χ3n) is 5.78. The van der Waals surface area contributed by atoms with Crippen molar-refractivity contribution in [2.75, 3.05) is 0 Å². The highest BCUT2D eigenvalue weighted by molar-refractivity contribution is 7.19. The Kier molecular flexibility index (Phi) is 5.90. The summed E-state index contributed by atoms with van der Waals surface area (Å²) in [5.41, 5.74) is 7.30. The Hall–Kier alpha value is -3.00. The Morgan fingerprint density at radius 3 is 2.52 bits per heavy atom. The van der Waals surface area contributed by atoms with Gasteiger partial charge in [-0.3, -0.25) is 4.98 Å². The second kappa shape index (κ2) is 8.41. The Labute approximate surface area is 194 Å². The summed E-state index contributed by atoms with van der Waals surface area (Å²) in [5.74, 6) is 0. The van der Waals surface area contributed by atoms with Gasteiger partial charge in [-0.05, 0) is 54.1 Å². The average Bonchev–Trinajstić information content (AvgIpc) is 3.22. The lowest BCUT2D eigenvalue weighted by molar-refractivity contribution is -0.258. The number of aromatic nitrogens is 1. The molecule has 0 aliphatic rings. The fourth-order valence-corrected chi connectivity index (χ4v) is 5.00. The van der Waals surface area contributed by atoms with E-state index in [1.165, 1.54) is 29.7 Å². The normalized spacial score (nSPS) is 14.8. The van der Waals surface area contributed by atoms with E-state index in [-0.39, 0.29) is 11.6 Å². The first kappa shape index (κ1) is 23.2. The lowest BCUT2D eigenvalue weighted by Crippen LogP contribution is -2.39. The van der Waals surface area contributed by atoms with Gasteiger partial charge in [-0.1, -0.05) is 54.6 Å². The average molecular weight is 469 g/mol. The molecule has 0 saturated heterocycles. The molecule has 0 radical (unpaired) electrons. The molecule has 0 bridgehead atoms. The summed E-state index contributed by atoms with van der Waals surface area (Å²) in [7, 11) is 0. The molecule has 170 valence electrons. The van der Waals surface area contributed by atoms with E-state index in [1.807, 2.05) is 55.5 Å². The first-order valence-electron chi connectivity index (χ1n) is 10.3. The van der Waals surface area contributed by atoms with E-state index in [1.54, 1.807) is 0 Å². The summed E-state index contributed by atoms with van der Waals surface area (Å²) in [5, 5.41) is 11.0. The summed E-state index contributed by atoms with van der Waals surface area (Å²) in [4.78, 5) is 5.21. The highest BCUT2D eigenvalue weighted by atomic mass is 32.1. The number of thiophene rings is 1. The summed E-state index contributed by atoms with van der Waals surface area (Å²) in [6, 6.07) is 17.5. The molecule has 4 rings (SSSR count). The third kappa shape index (κ3) is 4.19. The van der Waals surface area contributed by atoms with E-state index in [0.717, 1.165) is 38.6 Å². The first-order chi connectivity index (χ1) is 15.5. The number of alkyl halides is 3. The molecule has 4 aromatic rings. The summed E-state index contributed by atoms with van der Waals surface area (Å²) < 4.78 is 40.9. The van der Waals surface area contributed by atoms with Crippen molar-refractivity contribution in [3.05, 3.63) is 95.0 Å². The number of nitrogens with zero attached hydrogens (tertiary/aromatic N) is 1. The highest BCUT2D eigenvalue weighted by Gasteiger charge is 2.51. The number of hydrogen-bond acceptors (Lipinski definition) is 4. The first-order valence-corrected chi connectivity index (χ1v) is 11.1.